The van der Waals surface area contributed by atoms with Gasteiger partial charge in [-0.15, -0.1) is 0 Å². The minimum atomic E-state index is -1.05. The Bertz CT molecular complexity index is 1340. The Balaban J connectivity index is 1.17. The van der Waals surface area contributed by atoms with Gasteiger partial charge in [0.2, 0.25) is 0 Å². The quantitative estimate of drug-likeness (QED) is 0.391. The first-order valence-electron chi connectivity index (χ1n) is 13.0. The fraction of sp³-hybridized carbons (Fsp3) is 0.323. The molecule has 4 bridgehead atoms. The van der Waals surface area contributed by atoms with Crippen molar-refractivity contribution in [3.05, 3.63) is 89.5 Å². The maximum Gasteiger partial charge on any atom is 0.336 e. The molecule has 0 saturated heterocycles. The lowest BCUT2D eigenvalue weighted by molar-refractivity contribution is -0.0167. The summed E-state index contributed by atoms with van der Waals surface area (Å²) in [6.07, 6.45) is 7.29. The van der Waals surface area contributed by atoms with Crippen LogP contribution in [0.25, 0.3) is 11.1 Å². The molecular formula is C31H30N2O4. The molecule has 37 heavy (non-hydrogen) atoms. The maximum absolute atomic E-state index is 13.2. The SMILES string of the molecule is O=C(NC12CC3CC(CC(C3)C1)C2)c1ccc(NC(=O)c2ccccc2-c2ccccc2C(=O)O)cc1. The van der Waals surface area contributed by atoms with E-state index in [1.807, 2.05) is 0 Å². The monoisotopic (exact) mass is 494 g/mol. The van der Waals surface area contributed by atoms with Gasteiger partial charge in [-0.2, -0.15) is 0 Å². The summed E-state index contributed by atoms with van der Waals surface area (Å²) in [4.78, 5) is 38.0. The highest BCUT2D eigenvalue weighted by Gasteiger charge is 2.51. The van der Waals surface area contributed by atoms with Gasteiger partial charge in [-0.25, -0.2) is 4.79 Å². The van der Waals surface area contributed by atoms with Crippen LogP contribution in [0.15, 0.2) is 72.8 Å². The first-order valence-corrected chi connectivity index (χ1v) is 13.0. The number of nitrogens with one attached hydrogen (secondary N) is 2. The second-order valence-corrected chi connectivity index (χ2v) is 11.1. The highest BCUT2D eigenvalue weighted by molar-refractivity contribution is 6.10. The molecule has 2 amide bonds. The van der Waals surface area contributed by atoms with Gasteiger partial charge in [-0.05, 0) is 104 Å². The van der Waals surface area contributed by atoms with E-state index >= 15 is 0 Å². The number of rotatable bonds is 6. The van der Waals surface area contributed by atoms with Crippen LogP contribution in [-0.4, -0.2) is 28.4 Å². The summed E-state index contributed by atoms with van der Waals surface area (Å²) in [5.74, 6) is 0.837. The first kappa shape index (κ1) is 23.5. The molecule has 188 valence electrons. The van der Waals surface area contributed by atoms with Gasteiger partial charge in [0.15, 0.2) is 0 Å². The predicted molar refractivity (Wildman–Crippen MR) is 142 cm³/mol. The van der Waals surface area contributed by atoms with Crippen LogP contribution >= 0.6 is 0 Å². The molecule has 0 heterocycles. The number of hydrogen-bond acceptors (Lipinski definition) is 3. The fourth-order valence-corrected chi connectivity index (χ4v) is 7.30. The van der Waals surface area contributed by atoms with Crippen LogP contribution in [0.3, 0.4) is 0 Å². The van der Waals surface area contributed by atoms with E-state index in [1.165, 1.54) is 25.3 Å². The van der Waals surface area contributed by atoms with Gasteiger partial charge in [0, 0.05) is 22.4 Å². The van der Waals surface area contributed by atoms with Crippen LogP contribution < -0.4 is 10.6 Å². The number of hydrogen-bond donors (Lipinski definition) is 3. The normalized spacial score (nSPS) is 25.5. The molecule has 4 saturated carbocycles. The number of carboxylic acids is 1. The molecule has 7 rings (SSSR count). The molecule has 4 aliphatic carbocycles. The van der Waals surface area contributed by atoms with Crippen LogP contribution in [-0.2, 0) is 0 Å². The number of benzene rings is 3. The van der Waals surface area contributed by atoms with Crippen molar-refractivity contribution >= 4 is 23.5 Å². The largest absolute Gasteiger partial charge is 0.478 e. The first-order chi connectivity index (χ1) is 17.9. The molecule has 4 fully saturated rings. The molecular weight excluding hydrogens is 464 g/mol. The van der Waals surface area contributed by atoms with Gasteiger partial charge >= 0.3 is 5.97 Å². The standard InChI is InChI=1S/C31H30N2O4/c34-28(33-31-16-19-13-20(17-31)15-21(14-19)18-31)22-9-11-23(12-10-22)32-29(35)26-7-3-1-5-24(26)25-6-2-4-8-27(25)30(36)37/h1-12,19-21H,13-18H2,(H,32,35)(H,33,34)(H,36,37). The lowest BCUT2D eigenvalue weighted by atomic mass is 9.53. The third kappa shape index (κ3) is 4.52. The molecule has 0 aromatic heterocycles. The topological polar surface area (TPSA) is 95.5 Å². The van der Waals surface area contributed by atoms with Crippen LogP contribution in [0.4, 0.5) is 5.69 Å². The molecule has 0 unspecified atom stereocenters. The summed E-state index contributed by atoms with van der Waals surface area (Å²) >= 11 is 0. The Labute approximate surface area is 216 Å². The van der Waals surface area contributed by atoms with Crippen molar-refractivity contribution < 1.29 is 19.5 Å². The van der Waals surface area contributed by atoms with E-state index in [1.54, 1.807) is 66.7 Å². The van der Waals surface area contributed by atoms with Gasteiger partial charge in [0.25, 0.3) is 11.8 Å². The minimum absolute atomic E-state index is 0.0459. The zero-order valence-electron chi connectivity index (χ0n) is 20.6. The third-order valence-corrected chi connectivity index (χ3v) is 8.44. The van der Waals surface area contributed by atoms with Crippen LogP contribution in [0, 0.1) is 17.8 Å². The highest BCUT2D eigenvalue weighted by Crippen LogP contribution is 2.55. The number of amides is 2. The molecule has 0 aliphatic heterocycles. The van der Waals surface area contributed by atoms with E-state index in [2.05, 4.69) is 10.6 Å². The molecule has 6 heteroatoms. The van der Waals surface area contributed by atoms with Crippen molar-refractivity contribution in [2.45, 2.75) is 44.1 Å². The number of carboxylic acid groups (broad SMARTS) is 1. The Kier molecular flexibility index (Phi) is 5.82. The molecule has 3 aromatic rings. The van der Waals surface area contributed by atoms with E-state index in [0.717, 1.165) is 37.0 Å². The number of anilines is 1. The van der Waals surface area contributed by atoms with E-state index < -0.39 is 5.97 Å². The summed E-state index contributed by atoms with van der Waals surface area (Å²) in [5.41, 5.74) is 2.65. The number of carbonyl (C=O) groups excluding carboxylic acids is 2. The van der Waals surface area contributed by atoms with E-state index in [4.69, 9.17) is 0 Å². The molecule has 3 N–H and O–H groups in total. The van der Waals surface area contributed by atoms with Crippen LogP contribution in [0.1, 0.15) is 69.6 Å². The summed E-state index contributed by atoms with van der Waals surface area (Å²) in [6.45, 7) is 0. The van der Waals surface area contributed by atoms with Crippen molar-refractivity contribution in [3.63, 3.8) is 0 Å². The van der Waals surface area contributed by atoms with E-state index in [-0.39, 0.29) is 22.9 Å². The fourth-order valence-electron chi connectivity index (χ4n) is 7.30. The van der Waals surface area contributed by atoms with E-state index in [9.17, 15) is 19.5 Å². The summed E-state index contributed by atoms with van der Waals surface area (Å²) in [6, 6.07) is 20.6. The Morgan fingerprint density at radius 3 is 1.76 bits per heavy atom. The number of carbonyl (C=O) groups is 3. The zero-order chi connectivity index (χ0) is 25.6. The average Bonchev–Trinajstić information content (AvgIpc) is 2.88. The molecule has 0 radical (unpaired) electrons. The third-order valence-electron chi connectivity index (χ3n) is 8.44. The van der Waals surface area contributed by atoms with Crippen LogP contribution in [0.5, 0.6) is 0 Å². The van der Waals surface area contributed by atoms with Gasteiger partial charge in [-0.1, -0.05) is 36.4 Å². The summed E-state index contributed by atoms with van der Waals surface area (Å²) < 4.78 is 0. The Morgan fingerprint density at radius 1 is 0.676 bits per heavy atom. The van der Waals surface area contributed by atoms with Crippen molar-refractivity contribution in [2.24, 2.45) is 17.8 Å². The Morgan fingerprint density at radius 2 is 1.19 bits per heavy atom. The lowest BCUT2D eigenvalue weighted by Crippen LogP contribution is -2.59. The molecule has 4 aliphatic rings. The molecule has 6 nitrogen and oxygen atoms in total. The van der Waals surface area contributed by atoms with Crippen molar-refractivity contribution in [2.75, 3.05) is 5.32 Å². The van der Waals surface area contributed by atoms with E-state index in [0.29, 0.717) is 27.9 Å². The van der Waals surface area contributed by atoms with Gasteiger partial charge in [-0.3, -0.25) is 9.59 Å². The second-order valence-electron chi connectivity index (χ2n) is 11.1. The summed E-state index contributed by atoms with van der Waals surface area (Å²) in [7, 11) is 0. The number of aromatic carboxylic acids is 1. The van der Waals surface area contributed by atoms with Crippen molar-refractivity contribution in [1.82, 2.24) is 5.32 Å². The van der Waals surface area contributed by atoms with Gasteiger partial charge in [0.05, 0.1) is 5.56 Å². The minimum Gasteiger partial charge on any atom is -0.478 e. The second kappa shape index (κ2) is 9.18. The van der Waals surface area contributed by atoms with Crippen molar-refractivity contribution in [3.8, 4) is 11.1 Å². The van der Waals surface area contributed by atoms with Gasteiger partial charge < -0.3 is 15.7 Å². The molecule has 0 spiro atoms. The zero-order valence-corrected chi connectivity index (χ0v) is 20.6. The highest BCUT2D eigenvalue weighted by atomic mass is 16.4. The average molecular weight is 495 g/mol. The molecule has 3 aromatic carbocycles. The lowest BCUT2D eigenvalue weighted by Gasteiger charge is -2.56. The Hall–Kier alpha value is -3.93. The van der Waals surface area contributed by atoms with Crippen LogP contribution in [0.2, 0.25) is 0 Å². The maximum atomic E-state index is 13.2. The molecule has 0 atom stereocenters. The van der Waals surface area contributed by atoms with Crippen molar-refractivity contribution in [1.29, 1.82) is 0 Å². The summed E-state index contributed by atoms with van der Waals surface area (Å²) in [5, 5.41) is 15.9. The predicted octanol–water partition coefficient (Wildman–Crippen LogP) is 6.00. The van der Waals surface area contributed by atoms with Gasteiger partial charge in [0.1, 0.15) is 0 Å². The smallest absolute Gasteiger partial charge is 0.336 e.